The minimum Gasteiger partial charge on any atom is -0.381 e. The average Bonchev–Trinajstić information content (AvgIpc) is 3.54. The van der Waals surface area contributed by atoms with Gasteiger partial charge in [0.25, 0.3) is 0 Å². The van der Waals surface area contributed by atoms with Gasteiger partial charge in [-0.05, 0) is 12.3 Å². The van der Waals surface area contributed by atoms with Crippen molar-refractivity contribution in [2.45, 2.75) is 24.7 Å². The van der Waals surface area contributed by atoms with Crippen LogP contribution in [0.4, 0.5) is 17.5 Å². The number of hydrogen-bond acceptors (Lipinski definition) is 10. The van der Waals surface area contributed by atoms with Gasteiger partial charge >= 0.3 is 0 Å². The van der Waals surface area contributed by atoms with E-state index >= 15 is 0 Å². The summed E-state index contributed by atoms with van der Waals surface area (Å²) < 4.78 is 44.3. The zero-order chi connectivity index (χ0) is 23.0. The summed E-state index contributed by atoms with van der Waals surface area (Å²) in [5.74, 6) is 0.932. The summed E-state index contributed by atoms with van der Waals surface area (Å²) in [6.45, 7) is 1.87. The van der Waals surface area contributed by atoms with Crippen LogP contribution in [0.5, 0.6) is 0 Å². The van der Waals surface area contributed by atoms with Crippen molar-refractivity contribution in [1.82, 2.24) is 19.7 Å². The molecular formula is C20H27ClN6O5S. The predicted molar refractivity (Wildman–Crippen MR) is 121 cm³/mol. The van der Waals surface area contributed by atoms with Crippen molar-refractivity contribution in [1.29, 1.82) is 0 Å². The summed E-state index contributed by atoms with van der Waals surface area (Å²) in [4.78, 5) is 8.68. The molecule has 0 aliphatic carbocycles. The second-order valence-electron chi connectivity index (χ2n) is 8.83. The van der Waals surface area contributed by atoms with Gasteiger partial charge in [-0.15, -0.1) is 0 Å². The second-order valence-corrected chi connectivity index (χ2v) is 11.4. The summed E-state index contributed by atoms with van der Waals surface area (Å²) >= 11 is 6.32. The Labute approximate surface area is 197 Å². The van der Waals surface area contributed by atoms with Gasteiger partial charge in [-0.2, -0.15) is 10.1 Å². The van der Waals surface area contributed by atoms with Crippen molar-refractivity contribution in [3.8, 4) is 0 Å². The Hall–Kier alpha value is -1.99. The number of halogens is 1. The van der Waals surface area contributed by atoms with Gasteiger partial charge in [-0.3, -0.25) is 4.68 Å². The molecule has 3 fully saturated rings. The maximum atomic E-state index is 12.7. The number of hydrogen-bond donors (Lipinski definition) is 2. The second kappa shape index (κ2) is 9.34. The maximum Gasteiger partial charge on any atom is 0.229 e. The molecule has 3 aliphatic rings. The first-order valence-corrected chi connectivity index (χ1v) is 13.1. The molecule has 2 N–H and O–H groups in total. The highest BCUT2D eigenvalue weighted by atomic mass is 35.5. The van der Waals surface area contributed by atoms with Crippen molar-refractivity contribution in [3.63, 3.8) is 0 Å². The third-order valence-corrected chi connectivity index (χ3v) is 8.36. The molecule has 5 atom stereocenters. The van der Waals surface area contributed by atoms with Crippen LogP contribution < -0.4 is 10.6 Å². The van der Waals surface area contributed by atoms with E-state index in [0.717, 1.165) is 12.1 Å². The van der Waals surface area contributed by atoms with E-state index in [1.807, 2.05) is 7.05 Å². The van der Waals surface area contributed by atoms with Crippen LogP contribution in [0.2, 0.25) is 5.02 Å². The molecule has 3 unspecified atom stereocenters. The van der Waals surface area contributed by atoms with Crippen LogP contribution >= 0.6 is 11.6 Å². The number of ether oxygens (including phenoxy) is 3. The van der Waals surface area contributed by atoms with E-state index in [1.165, 1.54) is 6.20 Å². The van der Waals surface area contributed by atoms with Gasteiger partial charge in [0, 0.05) is 25.8 Å². The van der Waals surface area contributed by atoms with Crippen LogP contribution in [0, 0.1) is 11.8 Å². The fraction of sp³-hybridized carbons (Fsp3) is 0.650. The highest BCUT2D eigenvalue weighted by Gasteiger charge is 2.49. The number of nitrogens with one attached hydrogen (secondary N) is 2. The van der Waals surface area contributed by atoms with Crippen LogP contribution in [0.3, 0.4) is 0 Å². The van der Waals surface area contributed by atoms with Crippen molar-refractivity contribution < 1.29 is 22.6 Å². The predicted octanol–water partition coefficient (Wildman–Crippen LogP) is 1.25. The lowest BCUT2D eigenvalue weighted by atomic mass is 10.0. The van der Waals surface area contributed by atoms with Gasteiger partial charge in [0.05, 0.1) is 61.6 Å². The molecule has 2 aromatic heterocycles. The molecule has 0 aromatic carbocycles. The van der Waals surface area contributed by atoms with Crippen molar-refractivity contribution >= 4 is 38.9 Å². The molecule has 5 rings (SSSR count). The van der Waals surface area contributed by atoms with Crippen LogP contribution in [-0.2, 0) is 31.1 Å². The Bertz CT molecular complexity index is 1090. The number of nitrogens with zero attached hydrogens (tertiary/aromatic N) is 4. The number of aryl methyl sites for hydroxylation is 1. The molecule has 0 saturated carbocycles. The molecule has 180 valence electrons. The summed E-state index contributed by atoms with van der Waals surface area (Å²) in [5.41, 5.74) is 0.752. The number of sulfone groups is 1. The van der Waals surface area contributed by atoms with Gasteiger partial charge in [-0.25, -0.2) is 13.4 Å². The lowest BCUT2D eigenvalue weighted by Crippen LogP contribution is -2.36. The quantitative estimate of drug-likeness (QED) is 0.548. The zero-order valence-corrected chi connectivity index (χ0v) is 19.8. The number of fused-ring (bicyclic) bond motifs is 1. The number of aromatic nitrogens is 4. The number of anilines is 3. The Morgan fingerprint density at radius 2 is 2.03 bits per heavy atom. The van der Waals surface area contributed by atoms with Crippen molar-refractivity contribution in [2.75, 3.05) is 48.6 Å². The molecular weight excluding hydrogens is 472 g/mol. The molecule has 0 bridgehead atoms. The average molecular weight is 499 g/mol. The minimum atomic E-state index is -3.22. The molecule has 11 nitrogen and oxygen atoms in total. The minimum absolute atomic E-state index is 0.0603. The molecule has 0 radical (unpaired) electrons. The Balaban J connectivity index is 1.21. The summed E-state index contributed by atoms with van der Waals surface area (Å²) in [6, 6.07) is -0.204. The van der Waals surface area contributed by atoms with Gasteiger partial charge in [0.15, 0.2) is 15.7 Å². The topological polar surface area (TPSA) is 129 Å². The van der Waals surface area contributed by atoms with Gasteiger partial charge < -0.3 is 24.8 Å². The Kier molecular flexibility index (Phi) is 6.45. The number of rotatable bonds is 8. The van der Waals surface area contributed by atoms with Gasteiger partial charge in [-0.1, -0.05) is 11.6 Å². The van der Waals surface area contributed by atoms with Crippen molar-refractivity contribution in [2.24, 2.45) is 18.9 Å². The standard InChI is InChI=1S/C20H27ClN6O5S/c1-27-6-14(4-23-27)24-20-22-5-15(21)19(26-20)25-16-9-32-17-13(8-31-18(16)17)11-33(28,29)10-12-2-3-30-7-12/h4-6,12-13,16-18H,2-3,7-11H2,1H3,(H2,22,24,25,26)/t12?,13-,16-,17?,18?/m1/s1. The van der Waals surface area contributed by atoms with Crippen LogP contribution in [0.15, 0.2) is 18.6 Å². The van der Waals surface area contributed by atoms with E-state index in [0.29, 0.717) is 43.2 Å². The highest BCUT2D eigenvalue weighted by molar-refractivity contribution is 7.91. The molecule has 0 spiro atoms. The van der Waals surface area contributed by atoms with Gasteiger partial charge in [0.2, 0.25) is 5.95 Å². The molecule has 13 heteroatoms. The summed E-state index contributed by atoms with van der Waals surface area (Å²) in [7, 11) is -1.40. The lowest BCUT2D eigenvalue weighted by Gasteiger charge is -2.19. The monoisotopic (exact) mass is 498 g/mol. The molecule has 33 heavy (non-hydrogen) atoms. The largest absolute Gasteiger partial charge is 0.381 e. The first-order valence-electron chi connectivity index (χ1n) is 10.9. The molecule has 3 aliphatic heterocycles. The van der Waals surface area contributed by atoms with E-state index in [1.54, 1.807) is 17.1 Å². The van der Waals surface area contributed by atoms with Crippen LogP contribution in [-0.4, -0.2) is 84.3 Å². The van der Waals surface area contributed by atoms with Gasteiger partial charge in [0.1, 0.15) is 11.1 Å². The Morgan fingerprint density at radius 3 is 2.79 bits per heavy atom. The van der Waals surface area contributed by atoms with Crippen LogP contribution in [0.25, 0.3) is 0 Å². The lowest BCUT2D eigenvalue weighted by molar-refractivity contribution is 0.0656. The third-order valence-electron chi connectivity index (χ3n) is 6.16. The molecule has 3 saturated heterocycles. The van der Waals surface area contributed by atoms with E-state index in [9.17, 15) is 8.42 Å². The summed E-state index contributed by atoms with van der Waals surface area (Å²) in [5, 5.41) is 10.9. The van der Waals surface area contributed by atoms with E-state index in [2.05, 4.69) is 25.7 Å². The normalized spacial score (nSPS) is 29.3. The zero-order valence-electron chi connectivity index (χ0n) is 18.2. The van der Waals surface area contributed by atoms with E-state index < -0.39 is 9.84 Å². The highest BCUT2D eigenvalue weighted by Crippen LogP contribution is 2.35. The molecule has 5 heterocycles. The Morgan fingerprint density at radius 1 is 1.18 bits per heavy atom. The maximum absolute atomic E-state index is 12.7. The van der Waals surface area contributed by atoms with E-state index in [4.69, 9.17) is 25.8 Å². The first kappa shape index (κ1) is 22.8. The van der Waals surface area contributed by atoms with Crippen LogP contribution in [0.1, 0.15) is 6.42 Å². The SMILES string of the molecule is Cn1cc(Nc2ncc(Cl)c(N[C@@H]3COC4C3OC[C@@H]4CS(=O)(=O)CC3CCOC3)n2)cn1. The fourth-order valence-electron chi connectivity index (χ4n) is 4.63. The van der Waals surface area contributed by atoms with E-state index in [-0.39, 0.29) is 41.6 Å². The smallest absolute Gasteiger partial charge is 0.229 e. The summed E-state index contributed by atoms with van der Waals surface area (Å²) in [6.07, 6.45) is 5.22. The first-order chi connectivity index (χ1) is 15.9. The van der Waals surface area contributed by atoms with Crippen molar-refractivity contribution in [3.05, 3.63) is 23.6 Å². The molecule has 0 amide bonds. The third kappa shape index (κ3) is 5.24. The molecule has 2 aromatic rings. The fourth-order valence-corrected chi connectivity index (χ4v) is 6.83.